The number of benzene rings is 2. The first-order chi connectivity index (χ1) is 9.38. The largest absolute Gasteiger partial charge is 0.457 e. The fraction of sp³-hybridized carbons (Fsp3) is 0.250. The highest BCUT2D eigenvalue weighted by Crippen LogP contribution is 2.32. The van der Waals surface area contributed by atoms with Crippen LogP contribution in [-0.2, 0) is 0 Å². The van der Waals surface area contributed by atoms with Crippen LogP contribution in [-0.4, -0.2) is 0 Å². The van der Waals surface area contributed by atoms with Crippen molar-refractivity contribution in [3.63, 3.8) is 0 Å². The van der Waals surface area contributed by atoms with Gasteiger partial charge in [0.1, 0.15) is 17.3 Å². The van der Waals surface area contributed by atoms with Crippen LogP contribution in [0.5, 0.6) is 11.5 Å². The van der Waals surface area contributed by atoms with E-state index in [-0.39, 0.29) is 11.9 Å². The van der Waals surface area contributed by atoms with Gasteiger partial charge in [-0.1, -0.05) is 15.9 Å². The van der Waals surface area contributed by atoms with Crippen molar-refractivity contribution in [2.45, 2.75) is 26.8 Å². The molecule has 0 amide bonds. The summed E-state index contributed by atoms with van der Waals surface area (Å²) in [7, 11) is 0. The highest BCUT2D eigenvalue weighted by atomic mass is 79.9. The molecule has 0 saturated heterocycles. The Bertz CT molecular complexity index is 617. The summed E-state index contributed by atoms with van der Waals surface area (Å²) in [6, 6.07) is 7.98. The van der Waals surface area contributed by atoms with E-state index in [2.05, 4.69) is 15.9 Å². The topological polar surface area (TPSA) is 35.2 Å². The average molecular weight is 338 g/mol. The Balaban J connectivity index is 2.40. The summed E-state index contributed by atoms with van der Waals surface area (Å²) in [6.45, 7) is 5.81. The Morgan fingerprint density at radius 2 is 1.75 bits per heavy atom. The fourth-order valence-electron chi connectivity index (χ4n) is 2.06. The summed E-state index contributed by atoms with van der Waals surface area (Å²) in [5, 5.41) is 0. The van der Waals surface area contributed by atoms with Crippen molar-refractivity contribution in [2.75, 3.05) is 0 Å². The van der Waals surface area contributed by atoms with E-state index >= 15 is 0 Å². The van der Waals surface area contributed by atoms with Crippen LogP contribution in [0, 0.1) is 19.7 Å². The Labute approximate surface area is 126 Å². The molecular formula is C16H17BrFNO. The minimum atomic E-state index is -0.312. The van der Waals surface area contributed by atoms with E-state index in [0.717, 1.165) is 21.3 Å². The minimum absolute atomic E-state index is 0.293. The van der Waals surface area contributed by atoms with E-state index in [1.165, 1.54) is 12.1 Å². The van der Waals surface area contributed by atoms with E-state index < -0.39 is 0 Å². The first-order valence-corrected chi connectivity index (χ1v) is 7.17. The monoisotopic (exact) mass is 337 g/mol. The Morgan fingerprint density at radius 1 is 1.15 bits per heavy atom. The van der Waals surface area contributed by atoms with Gasteiger partial charge in [0.25, 0.3) is 0 Å². The maximum atomic E-state index is 13.3. The lowest BCUT2D eigenvalue weighted by Crippen LogP contribution is -2.07. The van der Waals surface area contributed by atoms with Crippen LogP contribution in [0.15, 0.2) is 34.8 Å². The molecule has 2 N–H and O–H groups in total. The molecule has 2 nitrogen and oxygen atoms in total. The van der Waals surface area contributed by atoms with Crippen molar-refractivity contribution in [2.24, 2.45) is 5.73 Å². The van der Waals surface area contributed by atoms with Gasteiger partial charge in [-0.15, -0.1) is 0 Å². The number of ether oxygens (including phenoxy) is 1. The molecule has 2 rings (SSSR count). The molecule has 0 aliphatic heterocycles. The predicted octanol–water partition coefficient (Wildman–Crippen LogP) is 5.02. The lowest BCUT2D eigenvalue weighted by molar-refractivity contribution is 0.468. The van der Waals surface area contributed by atoms with E-state index in [4.69, 9.17) is 10.5 Å². The van der Waals surface area contributed by atoms with Gasteiger partial charge in [0.05, 0.1) is 0 Å². The van der Waals surface area contributed by atoms with Crippen LogP contribution in [0.1, 0.15) is 29.7 Å². The smallest absolute Gasteiger partial charge is 0.132 e. The third-order valence-electron chi connectivity index (χ3n) is 3.10. The van der Waals surface area contributed by atoms with E-state index in [0.29, 0.717) is 11.3 Å². The van der Waals surface area contributed by atoms with Gasteiger partial charge in [0.15, 0.2) is 0 Å². The molecular weight excluding hydrogens is 321 g/mol. The van der Waals surface area contributed by atoms with E-state index in [9.17, 15) is 4.39 Å². The molecule has 0 saturated carbocycles. The lowest BCUT2D eigenvalue weighted by Gasteiger charge is -2.15. The van der Waals surface area contributed by atoms with Crippen molar-refractivity contribution >= 4 is 15.9 Å². The maximum absolute atomic E-state index is 13.3. The molecule has 4 heteroatoms. The van der Waals surface area contributed by atoms with Crippen LogP contribution in [0.4, 0.5) is 4.39 Å². The van der Waals surface area contributed by atoms with E-state index in [1.54, 1.807) is 13.0 Å². The summed E-state index contributed by atoms with van der Waals surface area (Å²) in [5.74, 6) is 0.993. The SMILES string of the molecule is Cc1cc(Oc2ccc(F)cc2C(C)N)cc(C)c1Br. The molecule has 0 fully saturated rings. The zero-order valence-corrected chi connectivity index (χ0v) is 13.3. The number of nitrogens with two attached hydrogens (primary N) is 1. The lowest BCUT2D eigenvalue weighted by atomic mass is 10.1. The van der Waals surface area contributed by atoms with Gasteiger partial charge in [0, 0.05) is 16.1 Å². The van der Waals surface area contributed by atoms with Gasteiger partial charge in [-0.25, -0.2) is 4.39 Å². The van der Waals surface area contributed by atoms with Crippen LogP contribution >= 0.6 is 15.9 Å². The van der Waals surface area contributed by atoms with Crippen LogP contribution in [0.2, 0.25) is 0 Å². The molecule has 0 aliphatic rings. The summed E-state index contributed by atoms with van der Waals surface area (Å²) in [6.07, 6.45) is 0. The van der Waals surface area contributed by atoms with Crippen LogP contribution in [0.25, 0.3) is 0 Å². The second kappa shape index (κ2) is 5.94. The normalized spacial score (nSPS) is 12.3. The van der Waals surface area contributed by atoms with Gasteiger partial charge >= 0.3 is 0 Å². The van der Waals surface area contributed by atoms with E-state index in [1.807, 2.05) is 26.0 Å². The number of rotatable bonds is 3. The van der Waals surface area contributed by atoms with Crippen LogP contribution < -0.4 is 10.5 Å². The molecule has 106 valence electrons. The molecule has 1 atom stereocenters. The standard InChI is InChI=1S/C16H17BrFNO/c1-9-6-13(7-10(2)16(9)17)20-15-5-4-12(18)8-14(15)11(3)19/h4-8,11H,19H2,1-3H3. The molecule has 2 aromatic carbocycles. The molecule has 0 bridgehead atoms. The zero-order valence-electron chi connectivity index (χ0n) is 11.7. The first-order valence-electron chi connectivity index (χ1n) is 6.38. The fourth-order valence-corrected chi connectivity index (χ4v) is 2.29. The number of aryl methyl sites for hydroxylation is 2. The molecule has 0 spiro atoms. The van der Waals surface area contributed by atoms with Gasteiger partial charge in [-0.05, 0) is 62.2 Å². The predicted molar refractivity (Wildman–Crippen MR) is 82.7 cm³/mol. The molecule has 20 heavy (non-hydrogen) atoms. The highest BCUT2D eigenvalue weighted by molar-refractivity contribution is 9.10. The first kappa shape index (κ1) is 15.0. The van der Waals surface area contributed by atoms with Gasteiger partial charge < -0.3 is 10.5 Å². The average Bonchev–Trinajstić information content (AvgIpc) is 2.37. The Kier molecular flexibility index (Phi) is 4.45. The molecule has 0 aliphatic carbocycles. The summed E-state index contributed by atoms with van der Waals surface area (Å²) >= 11 is 3.52. The summed E-state index contributed by atoms with van der Waals surface area (Å²) in [4.78, 5) is 0. The van der Waals surface area contributed by atoms with Crippen molar-refractivity contribution < 1.29 is 9.13 Å². The minimum Gasteiger partial charge on any atom is -0.457 e. The van der Waals surface area contributed by atoms with Crippen molar-refractivity contribution in [3.8, 4) is 11.5 Å². The summed E-state index contributed by atoms with van der Waals surface area (Å²) < 4.78 is 20.3. The third kappa shape index (κ3) is 3.19. The summed E-state index contributed by atoms with van der Waals surface area (Å²) in [5.41, 5.74) is 8.70. The van der Waals surface area contributed by atoms with Crippen molar-refractivity contribution in [1.82, 2.24) is 0 Å². The zero-order chi connectivity index (χ0) is 14.9. The Hall–Kier alpha value is -1.39. The van der Waals surface area contributed by atoms with Crippen molar-refractivity contribution in [1.29, 1.82) is 0 Å². The quantitative estimate of drug-likeness (QED) is 0.853. The van der Waals surface area contributed by atoms with Gasteiger partial charge in [-0.2, -0.15) is 0 Å². The highest BCUT2D eigenvalue weighted by Gasteiger charge is 2.11. The van der Waals surface area contributed by atoms with Gasteiger partial charge in [0.2, 0.25) is 0 Å². The number of hydrogen-bond acceptors (Lipinski definition) is 2. The maximum Gasteiger partial charge on any atom is 0.132 e. The molecule has 2 aromatic rings. The van der Waals surface area contributed by atoms with Gasteiger partial charge in [-0.3, -0.25) is 0 Å². The second-order valence-electron chi connectivity index (χ2n) is 4.94. The molecule has 0 radical (unpaired) electrons. The molecule has 1 unspecified atom stereocenters. The third-order valence-corrected chi connectivity index (χ3v) is 4.35. The van der Waals surface area contributed by atoms with Crippen LogP contribution in [0.3, 0.4) is 0 Å². The molecule has 0 heterocycles. The van der Waals surface area contributed by atoms with Crippen molar-refractivity contribution in [3.05, 3.63) is 57.3 Å². The number of hydrogen-bond donors (Lipinski definition) is 1. The number of halogens is 2. The molecule has 0 aromatic heterocycles. The Morgan fingerprint density at radius 3 is 2.30 bits per heavy atom. The second-order valence-corrected chi connectivity index (χ2v) is 5.74.